The van der Waals surface area contributed by atoms with Gasteiger partial charge in [-0.2, -0.15) is 4.31 Å². The van der Waals surface area contributed by atoms with Crippen LogP contribution in [0.4, 0.5) is 0 Å². The van der Waals surface area contributed by atoms with E-state index in [0.29, 0.717) is 12.1 Å². The molecule has 0 bridgehead atoms. The number of benzene rings is 3. The second kappa shape index (κ2) is 10.2. The Labute approximate surface area is 204 Å². The standard InChI is InChI=1S/C27H27N3O4S/c1-19(31)20-12-14-22(15-13-20)35(33,34)30(2)18-27(32)29-16-24(21-8-4-3-5-9-21)25-17-28-26-11-7-6-10-23(25)26/h3-15,17,24,28H,16,18H2,1-2H3,(H,29,32). The van der Waals surface area contributed by atoms with Crippen LogP contribution in [-0.2, 0) is 14.8 Å². The monoisotopic (exact) mass is 489 g/mol. The van der Waals surface area contributed by atoms with Crippen LogP contribution in [0.15, 0.2) is 90.0 Å². The number of amides is 1. The molecule has 0 saturated carbocycles. The number of ketones is 1. The van der Waals surface area contributed by atoms with Crippen LogP contribution in [0.25, 0.3) is 10.9 Å². The molecular weight excluding hydrogens is 462 g/mol. The third-order valence-electron chi connectivity index (χ3n) is 6.04. The van der Waals surface area contributed by atoms with Crippen LogP contribution in [0.2, 0.25) is 0 Å². The molecule has 1 amide bonds. The fraction of sp³-hybridized carbons (Fsp3) is 0.185. The molecule has 1 aromatic heterocycles. The highest BCUT2D eigenvalue weighted by Crippen LogP contribution is 2.30. The van der Waals surface area contributed by atoms with Gasteiger partial charge < -0.3 is 10.3 Å². The van der Waals surface area contributed by atoms with Gasteiger partial charge in [-0.15, -0.1) is 0 Å². The van der Waals surface area contributed by atoms with Crippen LogP contribution < -0.4 is 5.32 Å². The van der Waals surface area contributed by atoms with E-state index in [0.717, 1.165) is 26.3 Å². The van der Waals surface area contributed by atoms with E-state index >= 15 is 0 Å². The summed E-state index contributed by atoms with van der Waals surface area (Å²) < 4.78 is 26.8. The molecule has 1 atom stereocenters. The van der Waals surface area contributed by atoms with Crippen molar-refractivity contribution < 1.29 is 18.0 Å². The molecule has 180 valence electrons. The predicted molar refractivity (Wildman–Crippen MR) is 136 cm³/mol. The first-order valence-electron chi connectivity index (χ1n) is 11.2. The molecule has 35 heavy (non-hydrogen) atoms. The van der Waals surface area contributed by atoms with Crippen LogP contribution in [-0.4, -0.2) is 49.5 Å². The first-order chi connectivity index (χ1) is 16.8. The topological polar surface area (TPSA) is 99.3 Å². The number of hydrogen-bond donors (Lipinski definition) is 2. The molecule has 0 aliphatic heterocycles. The number of rotatable bonds is 9. The number of hydrogen-bond acceptors (Lipinski definition) is 4. The van der Waals surface area contributed by atoms with Gasteiger partial charge in [0.15, 0.2) is 5.78 Å². The average molecular weight is 490 g/mol. The first-order valence-corrected chi connectivity index (χ1v) is 12.7. The number of likely N-dealkylation sites (N-methyl/N-ethyl adjacent to an activating group) is 1. The zero-order valence-corrected chi connectivity index (χ0v) is 20.4. The van der Waals surface area contributed by atoms with Crippen molar-refractivity contribution >= 4 is 32.6 Å². The summed E-state index contributed by atoms with van der Waals surface area (Å²) in [7, 11) is -2.52. The van der Waals surface area contributed by atoms with Crippen molar-refractivity contribution in [3.8, 4) is 0 Å². The fourth-order valence-corrected chi connectivity index (χ4v) is 5.20. The Hall–Kier alpha value is -3.75. The van der Waals surface area contributed by atoms with Crippen LogP contribution >= 0.6 is 0 Å². The summed E-state index contributed by atoms with van der Waals surface area (Å²) in [4.78, 5) is 27.5. The number of carbonyl (C=O) groups is 2. The molecule has 0 spiro atoms. The summed E-state index contributed by atoms with van der Waals surface area (Å²) in [6.07, 6.45) is 1.95. The van der Waals surface area contributed by atoms with Gasteiger partial charge in [-0.3, -0.25) is 9.59 Å². The molecule has 0 aliphatic carbocycles. The van der Waals surface area contributed by atoms with Crippen LogP contribution in [0.3, 0.4) is 0 Å². The highest BCUT2D eigenvalue weighted by molar-refractivity contribution is 7.89. The number of para-hydroxylation sites is 1. The molecule has 2 N–H and O–H groups in total. The number of nitrogens with zero attached hydrogens (tertiary/aromatic N) is 1. The average Bonchev–Trinajstić information content (AvgIpc) is 3.29. The number of aromatic amines is 1. The number of aromatic nitrogens is 1. The summed E-state index contributed by atoms with van der Waals surface area (Å²) in [5, 5.41) is 3.98. The SMILES string of the molecule is CC(=O)c1ccc(S(=O)(=O)N(C)CC(=O)NCC(c2ccccc2)c2c[nH]c3ccccc23)cc1. The fourth-order valence-electron chi connectivity index (χ4n) is 4.08. The van der Waals surface area contributed by atoms with E-state index in [4.69, 9.17) is 0 Å². The summed E-state index contributed by atoms with van der Waals surface area (Å²) in [5.74, 6) is -0.667. The Bertz CT molecular complexity index is 1440. The van der Waals surface area contributed by atoms with Crippen LogP contribution in [0.5, 0.6) is 0 Å². The van der Waals surface area contributed by atoms with Crippen molar-refractivity contribution in [2.75, 3.05) is 20.1 Å². The molecule has 1 unspecified atom stereocenters. The largest absolute Gasteiger partial charge is 0.361 e. The maximum Gasteiger partial charge on any atom is 0.243 e. The Morgan fingerprint density at radius 3 is 2.29 bits per heavy atom. The van der Waals surface area contributed by atoms with E-state index in [-0.39, 0.29) is 23.1 Å². The lowest BCUT2D eigenvalue weighted by atomic mass is 9.91. The van der Waals surface area contributed by atoms with Crippen LogP contribution in [0.1, 0.15) is 34.3 Å². The predicted octanol–water partition coefficient (Wildman–Crippen LogP) is 3.94. The minimum Gasteiger partial charge on any atom is -0.361 e. The van der Waals surface area contributed by atoms with Gasteiger partial charge in [0, 0.05) is 42.2 Å². The minimum absolute atomic E-state index is 0.0266. The minimum atomic E-state index is -3.88. The van der Waals surface area contributed by atoms with Crippen molar-refractivity contribution in [2.45, 2.75) is 17.7 Å². The second-order valence-corrected chi connectivity index (χ2v) is 10.4. The van der Waals surface area contributed by atoms with Gasteiger partial charge in [-0.25, -0.2) is 8.42 Å². The van der Waals surface area contributed by atoms with Crippen molar-refractivity contribution in [2.24, 2.45) is 0 Å². The van der Waals surface area contributed by atoms with Gasteiger partial charge in [0.1, 0.15) is 0 Å². The van der Waals surface area contributed by atoms with Crippen molar-refractivity contribution in [1.29, 1.82) is 0 Å². The van der Waals surface area contributed by atoms with E-state index in [1.807, 2.05) is 60.8 Å². The Morgan fingerprint density at radius 2 is 1.60 bits per heavy atom. The lowest BCUT2D eigenvalue weighted by Gasteiger charge is -2.20. The summed E-state index contributed by atoms with van der Waals surface area (Å²) in [6.45, 7) is 1.40. The molecule has 0 saturated heterocycles. The molecule has 0 aliphatic rings. The number of fused-ring (bicyclic) bond motifs is 1. The summed E-state index contributed by atoms with van der Waals surface area (Å²) in [6, 6.07) is 23.5. The Morgan fingerprint density at radius 1 is 0.943 bits per heavy atom. The van der Waals surface area contributed by atoms with E-state index < -0.39 is 15.9 Å². The molecule has 0 fully saturated rings. The van der Waals surface area contributed by atoms with Crippen molar-refractivity contribution in [1.82, 2.24) is 14.6 Å². The number of Topliss-reactive ketones (excluding diaryl/α,β-unsaturated/α-hetero) is 1. The molecule has 0 radical (unpaired) electrons. The molecule has 4 aromatic rings. The van der Waals surface area contributed by atoms with Gasteiger partial charge in [0.2, 0.25) is 15.9 Å². The maximum atomic E-state index is 12.9. The Kier molecular flexibility index (Phi) is 7.14. The van der Waals surface area contributed by atoms with Crippen molar-refractivity contribution in [3.05, 3.63) is 102 Å². The molecule has 8 heteroatoms. The van der Waals surface area contributed by atoms with Crippen molar-refractivity contribution in [3.63, 3.8) is 0 Å². The van der Waals surface area contributed by atoms with Gasteiger partial charge in [0.25, 0.3) is 0 Å². The third kappa shape index (κ3) is 5.34. The normalized spacial score (nSPS) is 12.5. The maximum absolute atomic E-state index is 12.9. The van der Waals surface area contributed by atoms with Gasteiger partial charge in [-0.1, -0.05) is 60.7 Å². The lowest BCUT2D eigenvalue weighted by molar-refractivity contribution is -0.121. The third-order valence-corrected chi connectivity index (χ3v) is 7.85. The number of H-pyrrole nitrogens is 1. The van der Waals surface area contributed by atoms with Crippen LogP contribution in [0, 0.1) is 0 Å². The van der Waals surface area contributed by atoms with E-state index in [1.54, 1.807) is 0 Å². The van der Waals surface area contributed by atoms with Gasteiger partial charge in [-0.05, 0) is 36.2 Å². The number of nitrogens with one attached hydrogen (secondary N) is 2. The van der Waals surface area contributed by atoms with E-state index in [9.17, 15) is 18.0 Å². The molecular formula is C27H27N3O4S. The number of sulfonamides is 1. The van der Waals surface area contributed by atoms with E-state index in [2.05, 4.69) is 10.3 Å². The van der Waals surface area contributed by atoms with Gasteiger partial charge >= 0.3 is 0 Å². The smallest absolute Gasteiger partial charge is 0.243 e. The quantitative estimate of drug-likeness (QED) is 0.348. The lowest BCUT2D eigenvalue weighted by Crippen LogP contribution is -2.39. The molecule has 3 aromatic carbocycles. The summed E-state index contributed by atoms with van der Waals surface area (Å²) in [5.41, 5.74) is 3.53. The highest BCUT2D eigenvalue weighted by atomic mass is 32.2. The number of carbonyl (C=O) groups excluding carboxylic acids is 2. The molecule has 4 rings (SSSR count). The zero-order chi connectivity index (χ0) is 25.0. The Balaban J connectivity index is 1.48. The molecule has 1 heterocycles. The van der Waals surface area contributed by atoms with Gasteiger partial charge in [0.05, 0.1) is 11.4 Å². The zero-order valence-electron chi connectivity index (χ0n) is 19.6. The first kappa shape index (κ1) is 24.4. The molecule has 7 nitrogen and oxygen atoms in total. The second-order valence-electron chi connectivity index (χ2n) is 8.40. The summed E-state index contributed by atoms with van der Waals surface area (Å²) >= 11 is 0. The highest BCUT2D eigenvalue weighted by Gasteiger charge is 2.24. The van der Waals surface area contributed by atoms with E-state index in [1.165, 1.54) is 38.2 Å².